The predicted octanol–water partition coefficient (Wildman–Crippen LogP) is 2.33. The van der Waals surface area contributed by atoms with Gasteiger partial charge >= 0.3 is 0 Å². The number of aromatic nitrogens is 3. The fourth-order valence-electron chi connectivity index (χ4n) is 1.72. The zero-order valence-electron chi connectivity index (χ0n) is 8.77. The van der Waals surface area contributed by atoms with Gasteiger partial charge in [0.15, 0.2) is 0 Å². The second-order valence-electron chi connectivity index (χ2n) is 3.58. The molecular formula is C11H9ClN4O. The van der Waals surface area contributed by atoms with Crippen molar-refractivity contribution in [3.8, 4) is 11.4 Å². The van der Waals surface area contributed by atoms with Gasteiger partial charge in [-0.2, -0.15) is 4.98 Å². The molecule has 6 heteroatoms. The summed E-state index contributed by atoms with van der Waals surface area (Å²) >= 11 is 6.30. The van der Waals surface area contributed by atoms with Crippen LogP contribution >= 0.6 is 11.6 Å². The molecule has 0 aliphatic rings. The Bertz CT molecular complexity index is 673. The van der Waals surface area contributed by atoms with E-state index in [1.807, 2.05) is 24.4 Å². The number of H-pyrrole nitrogens is 1. The summed E-state index contributed by atoms with van der Waals surface area (Å²) in [5.74, 6) is 0.851. The number of rotatable bonds is 2. The normalized spacial score (nSPS) is 11.2. The lowest BCUT2D eigenvalue weighted by Gasteiger charge is -2.00. The SMILES string of the molecule is NCc1nc(-c2ccc3[nH]ccc3c2Cl)no1. The first-order valence-corrected chi connectivity index (χ1v) is 5.46. The number of aromatic amines is 1. The summed E-state index contributed by atoms with van der Waals surface area (Å²) in [7, 11) is 0. The van der Waals surface area contributed by atoms with Gasteiger partial charge in [0.25, 0.3) is 0 Å². The Hall–Kier alpha value is -1.85. The van der Waals surface area contributed by atoms with Crippen LogP contribution in [0.1, 0.15) is 5.89 Å². The van der Waals surface area contributed by atoms with Gasteiger partial charge in [-0.25, -0.2) is 0 Å². The molecule has 0 aliphatic heterocycles. The number of nitrogens with zero attached hydrogens (tertiary/aromatic N) is 2. The predicted molar refractivity (Wildman–Crippen MR) is 64.5 cm³/mol. The Morgan fingerprint density at radius 3 is 3.00 bits per heavy atom. The van der Waals surface area contributed by atoms with Gasteiger partial charge in [0, 0.05) is 22.7 Å². The molecule has 5 nitrogen and oxygen atoms in total. The van der Waals surface area contributed by atoms with E-state index in [1.165, 1.54) is 0 Å². The Balaban J connectivity index is 2.19. The number of hydrogen-bond acceptors (Lipinski definition) is 4. The fourth-order valence-corrected chi connectivity index (χ4v) is 2.03. The van der Waals surface area contributed by atoms with E-state index >= 15 is 0 Å². The van der Waals surface area contributed by atoms with Crippen molar-refractivity contribution in [3.05, 3.63) is 35.3 Å². The van der Waals surface area contributed by atoms with Crippen molar-refractivity contribution in [2.75, 3.05) is 0 Å². The summed E-state index contributed by atoms with van der Waals surface area (Å²) in [6, 6.07) is 5.69. The molecule has 0 spiro atoms. The van der Waals surface area contributed by atoms with E-state index in [4.69, 9.17) is 21.9 Å². The average molecular weight is 249 g/mol. The van der Waals surface area contributed by atoms with E-state index < -0.39 is 0 Å². The standard InChI is InChI=1S/C11H9ClN4O/c12-10-6-3-4-14-8(6)2-1-7(10)11-15-9(5-13)17-16-11/h1-4,14H,5,13H2. The number of benzene rings is 1. The highest BCUT2D eigenvalue weighted by atomic mass is 35.5. The number of nitrogens with one attached hydrogen (secondary N) is 1. The maximum atomic E-state index is 6.30. The highest BCUT2D eigenvalue weighted by molar-refractivity contribution is 6.38. The minimum atomic E-state index is 0.219. The van der Waals surface area contributed by atoms with Crippen molar-refractivity contribution in [1.82, 2.24) is 15.1 Å². The van der Waals surface area contributed by atoms with Crippen LogP contribution in [0.3, 0.4) is 0 Å². The van der Waals surface area contributed by atoms with E-state index in [-0.39, 0.29) is 6.54 Å². The molecule has 2 aromatic heterocycles. The Morgan fingerprint density at radius 1 is 1.35 bits per heavy atom. The Labute approximate surface area is 102 Å². The Kier molecular flexibility index (Phi) is 2.35. The van der Waals surface area contributed by atoms with E-state index in [1.54, 1.807) is 0 Å². The monoisotopic (exact) mass is 248 g/mol. The van der Waals surface area contributed by atoms with Crippen molar-refractivity contribution in [3.63, 3.8) is 0 Å². The average Bonchev–Trinajstić information content (AvgIpc) is 2.97. The molecular weight excluding hydrogens is 240 g/mol. The van der Waals surface area contributed by atoms with E-state index in [0.717, 1.165) is 16.5 Å². The number of fused-ring (bicyclic) bond motifs is 1. The van der Waals surface area contributed by atoms with Gasteiger partial charge in [0.1, 0.15) is 0 Å². The van der Waals surface area contributed by atoms with Gasteiger partial charge in [-0.1, -0.05) is 16.8 Å². The molecule has 0 unspecified atom stereocenters. The van der Waals surface area contributed by atoms with Gasteiger partial charge in [-0.15, -0.1) is 0 Å². The van der Waals surface area contributed by atoms with E-state index in [0.29, 0.717) is 16.7 Å². The minimum absolute atomic E-state index is 0.219. The molecule has 86 valence electrons. The smallest absolute Gasteiger partial charge is 0.240 e. The lowest BCUT2D eigenvalue weighted by atomic mass is 10.1. The van der Waals surface area contributed by atoms with Crippen LogP contribution in [0.25, 0.3) is 22.3 Å². The lowest BCUT2D eigenvalue weighted by molar-refractivity contribution is 0.380. The van der Waals surface area contributed by atoms with Crippen molar-refractivity contribution < 1.29 is 4.52 Å². The first-order valence-electron chi connectivity index (χ1n) is 5.08. The van der Waals surface area contributed by atoms with Crippen LogP contribution in [-0.4, -0.2) is 15.1 Å². The summed E-state index contributed by atoms with van der Waals surface area (Å²) in [5.41, 5.74) is 7.13. The van der Waals surface area contributed by atoms with Gasteiger partial charge in [-0.05, 0) is 18.2 Å². The van der Waals surface area contributed by atoms with Crippen molar-refractivity contribution in [1.29, 1.82) is 0 Å². The number of nitrogens with two attached hydrogens (primary N) is 1. The second-order valence-corrected chi connectivity index (χ2v) is 3.96. The molecule has 3 N–H and O–H groups in total. The molecule has 0 atom stereocenters. The van der Waals surface area contributed by atoms with Crippen molar-refractivity contribution in [2.45, 2.75) is 6.54 Å². The summed E-state index contributed by atoms with van der Waals surface area (Å²) in [4.78, 5) is 7.24. The zero-order valence-corrected chi connectivity index (χ0v) is 9.53. The molecule has 0 saturated carbocycles. The van der Waals surface area contributed by atoms with Gasteiger partial charge in [0.2, 0.25) is 11.7 Å². The minimum Gasteiger partial charge on any atom is -0.361 e. The van der Waals surface area contributed by atoms with Gasteiger partial charge in [0.05, 0.1) is 11.6 Å². The van der Waals surface area contributed by atoms with E-state index in [9.17, 15) is 0 Å². The molecule has 0 fully saturated rings. The zero-order chi connectivity index (χ0) is 11.8. The first-order chi connectivity index (χ1) is 8.29. The highest BCUT2D eigenvalue weighted by Crippen LogP contribution is 2.32. The summed E-state index contributed by atoms with van der Waals surface area (Å²) in [6.07, 6.45) is 1.84. The summed E-state index contributed by atoms with van der Waals surface area (Å²) in [5, 5.41) is 5.39. The quantitative estimate of drug-likeness (QED) is 0.729. The molecule has 17 heavy (non-hydrogen) atoms. The lowest BCUT2D eigenvalue weighted by Crippen LogP contribution is -1.95. The third-order valence-electron chi connectivity index (χ3n) is 2.55. The van der Waals surface area contributed by atoms with Crippen LogP contribution in [0, 0.1) is 0 Å². The van der Waals surface area contributed by atoms with Crippen LogP contribution in [0.5, 0.6) is 0 Å². The molecule has 0 radical (unpaired) electrons. The molecule has 0 aliphatic carbocycles. The van der Waals surface area contributed by atoms with Crippen LogP contribution in [0.15, 0.2) is 28.9 Å². The van der Waals surface area contributed by atoms with E-state index in [2.05, 4.69) is 15.1 Å². The molecule has 0 bridgehead atoms. The molecule has 3 aromatic rings. The van der Waals surface area contributed by atoms with Crippen LogP contribution in [0.4, 0.5) is 0 Å². The summed E-state index contributed by atoms with van der Waals surface area (Å²) < 4.78 is 4.96. The number of hydrogen-bond donors (Lipinski definition) is 2. The number of halogens is 1. The first kappa shape index (κ1) is 10.3. The largest absolute Gasteiger partial charge is 0.361 e. The molecule has 2 heterocycles. The van der Waals surface area contributed by atoms with Crippen molar-refractivity contribution in [2.24, 2.45) is 5.73 Å². The maximum Gasteiger partial charge on any atom is 0.240 e. The molecule has 3 rings (SSSR count). The molecule has 0 saturated heterocycles. The third-order valence-corrected chi connectivity index (χ3v) is 2.96. The molecule has 0 amide bonds. The fraction of sp³-hybridized carbons (Fsp3) is 0.0909. The second kappa shape index (κ2) is 3.87. The Morgan fingerprint density at radius 2 is 2.24 bits per heavy atom. The van der Waals surface area contributed by atoms with Crippen LogP contribution in [-0.2, 0) is 6.54 Å². The van der Waals surface area contributed by atoms with Crippen molar-refractivity contribution >= 4 is 22.5 Å². The third kappa shape index (κ3) is 1.60. The van der Waals surface area contributed by atoms with Crippen LogP contribution < -0.4 is 5.73 Å². The highest BCUT2D eigenvalue weighted by Gasteiger charge is 2.13. The summed E-state index contributed by atoms with van der Waals surface area (Å²) in [6.45, 7) is 0.219. The molecule has 1 aromatic carbocycles. The topological polar surface area (TPSA) is 80.7 Å². The van der Waals surface area contributed by atoms with Gasteiger partial charge < -0.3 is 15.2 Å². The maximum absolute atomic E-state index is 6.30. The van der Waals surface area contributed by atoms with Crippen LogP contribution in [0.2, 0.25) is 5.02 Å². The van der Waals surface area contributed by atoms with Gasteiger partial charge in [-0.3, -0.25) is 0 Å².